The number of carbonyl (C=O) groups excluding carboxylic acids is 1. The zero-order chi connectivity index (χ0) is 21.6. The molecule has 0 saturated carbocycles. The van der Waals surface area contributed by atoms with Gasteiger partial charge in [-0.3, -0.25) is 0 Å². The summed E-state index contributed by atoms with van der Waals surface area (Å²) >= 11 is 0. The van der Waals surface area contributed by atoms with Crippen molar-refractivity contribution in [3.63, 3.8) is 0 Å². The number of methoxy groups -OCH3 is 1. The molecule has 0 bridgehead atoms. The van der Waals surface area contributed by atoms with Crippen LogP contribution in [-0.2, 0) is 0 Å². The van der Waals surface area contributed by atoms with Crippen molar-refractivity contribution >= 4 is 17.3 Å². The number of nitrogens with zero attached hydrogens (tertiary/aromatic N) is 1. The van der Waals surface area contributed by atoms with Gasteiger partial charge in [-0.2, -0.15) is 5.10 Å². The minimum Gasteiger partial charge on any atom is -0.497 e. The second-order valence-corrected chi connectivity index (χ2v) is 7.57. The number of ether oxygens (including phenoxy) is 1. The first-order valence-corrected chi connectivity index (χ1v) is 10.2. The predicted octanol–water partition coefficient (Wildman–Crippen LogP) is 5.35. The third kappa shape index (κ3) is 5.01. The van der Waals surface area contributed by atoms with E-state index in [-0.39, 0.29) is 5.92 Å². The maximum Gasteiger partial charge on any atom is 0.332 e. The van der Waals surface area contributed by atoms with Gasteiger partial charge in [0.25, 0.3) is 0 Å². The van der Waals surface area contributed by atoms with E-state index in [1.165, 1.54) is 22.3 Å². The molecule has 156 valence electrons. The van der Waals surface area contributed by atoms with Crippen LogP contribution in [0.3, 0.4) is 0 Å². The first-order valence-electron chi connectivity index (χ1n) is 10.2. The van der Waals surface area contributed by atoms with Crippen LogP contribution in [0.1, 0.15) is 29.9 Å². The summed E-state index contributed by atoms with van der Waals surface area (Å²) in [4.78, 5) is 11.2. The van der Waals surface area contributed by atoms with Crippen LogP contribution in [0.15, 0.2) is 90.0 Å². The first-order chi connectivity index (χ1) is 15.1. The average Bonchev–Trinajstić information content (AvgIpc) is 2.83. The smallest absolute Gasteiger partial charge is 0.332 e. The van der Waals surface area contributed by atoms with Gasteiger partial charge in [0.2, 0.25) is 0 Å². The third-order valence-corrected chi connectivity index (χ3v) is 5.52. The molecule has 1 atom stereocenters. The standard InChI is InChI=1S/C26H25N3O2/c1-31-25-13-11-21(12-14-25)23-15-22(16-24(17-23)28-29-26(27)30)20-9-7-19(8-10-20)18-5-3-2-4-6-18/h2-14,16,23H,15,17H2,1H3,(H3,27,29,30)/b28-24-. The lowest BCUT2D eigenvalue weighted by Gasteiger charge is -2.25. The van der Waals surface area contributed by atoms with Crippen molar-refractivity contribution < 1.29 is 9.53 Å². The van der Waals surface area contributed by atoms with Crippen molar-refractivity contribution in [1.29, 1.82) is 0 Å². The van der Waals surface area contributed by atoms with Gasteiger partial charge in [-0.25, -0.2) is 10.2 Å². The zero-order valence-electron chi connectivity index (χ0n) is 17.4. The number of hydrogen-bond donors (Lipinski definition) is 2. The number of benzene rings is 3. The minimum atomic E-state index is -0.666. The van der Waals surface area contributed by atoms with Crippen molar-refractivity contribution in [2.24, 2.45) is 10.8 Å². The van der Waals surface area contributed by atoms with Crippen LogP contribution in [0, 0.1) is 0 Å². The molecule has 4 rings (SSSR count). The van der Waals surface area contributed by atoms with Gasteiger partial charge < -0.3 is 10.5 Å². The van der Waals surface area contributed by atoms with Crippen molar-refractivity contribution in [1.82, 2.24) is 5.43 Å². The summed E-state index contributed by atoms with van der Waals surface area (Å²) < 4.78 is 5.28. The van der Waals surface area contributed by atoms with E-state index in [0.717, 1.165) is 29.9 Å². The van der Waals surface area contributed by atoms with E-state index >= 15 is 0 Å². The number of nitrogens with two attached hydrogens (primary N) is 1. The number of urea groups is 1. The lowest BCUT2D eigenvalue weighted by atomic mass is 9.80. The Morgan fingerprint density at radius 1 is 0.903 bits per heavy atom. The Morgan fingerprint density at radius 3 is 2.19 bits per heavy atom. The minimum absolute atomic E-state index is 0.244. The van der Waals surface area contributed by atoms with Gasteiger partial charge in [0.05, 0.1) is 12.8 Å². The molecule has 0 heterocycles. The van der Waals surface area contributed by atoms with Crippen LogP contribution in [0.2, 0.25) is 0 Å². The number of hydrazone groups is 1. The number of amides is 2. The Labute approximate surface area is 182 Å². The molecule has 0 fully saturated rings. The molecule has 3 aromatic carbocycles. The highest BCUT2D eigenvalue weighted by Gasteiger charge is 2.22. The van der Waals surface area contributed by atoms with Crippen molar-refractivity contribution in [3.8, 4) is 16.9 Å². The first kappa shape index (κ1) is 20.4. The highest BCUT2D eigenvalue weighted by atomic mass is 16.5. The molecule has 5 nitrogen and oxygen atoms in total. The van der Waals surface area contributed by atoms with Gasteiger partial charge in [0, 0.05) is 0 Å². The lowest BCUT2D eigenvalue weighted by molar-refractivity contribution is 0.249. The van der Waals surface area contributed by atoms with E-state index in [9.17, 15) is 4.79 Å². The summed E-state index contributed by atoms with van der Waals surface area (Å²) in [5.41, 5.74) is 14.3. The fourth-order valence-electron chi connectivity index (χ4n) is 3.93. The zero-order valence-corrected chi connectivity index (χ0v) is 17.4. The fourth-order valence-corrected chi connectivity index (χ4v) is 3.93. The number of rotatable bonds is 5. The summed E-state index contributed by atoms with van der Waals surface area (Å²) in [6, 6.07) is 26.3. The molecular weight excluding hydrogens is 386 g/mol. The molecule has 1 aliphatic rings. The monoisotopic (exact) mass is 411 g/mol. The van der Waals surface area contributed by atoms with Crippen LogP contribution < -0.4 is 15.9 Å². The molecule has 1 unspecified atom stereocenters. The molecule has 0 aliphatic heterocycles. The Hall–Kier alpha value is -3.86. The Balaban J connectivity index is 1.63. The Bertz CT molecular complexity index is 1100. The molecule has 3 aromatic rings. The van der Waals surface area contributed by atoms with Gasteiger partial charge in [0.15, 0.2) is 0 Å². The molecule has 0 spiro atoms. The number of allylic oxidation sites excluding steroid dienone is 2. The molecule has 0 saturated heterocycles. The highest BCUT2D eigenvalue weighted by molar-refractivity contribution is 6.03. The van der Waals surface area contributed by atoms with Crippen LogP contribution in [0.5, 0.6) is 5.75 Å². The summed E-state index contributed by atoms with van der Waals surface area (Å²) in [7, 11) is 1.66. The number of hydrogen-bond acceptors (Lipinski definition) is 3. The molecule has 31 heavy (non-hydrogen) atoms. The SMILES string of the molecule is COc1ccc(C2CC(c3ccc(-c4ccccc4)cc3)=C/C(=N/NC(N)=O)C2)cc1. The van der Waals surface area contributed by atoms with E-state index in [1.54, 1.807) is 7.11 Å². The largest absolute Gasteiger partial charge is 0.497 e. The van der Waals surface area contributed by atoms with E-state index in [4.69, 9.17) is 10.5 Å². The van der Waals surface area contributed by atoms with Gasteiger partial charge in [-0.05, 0) is 64.8 Å². The topological polar surface area (TPSA) is 76.7 Å². The summed E-state index contributed by atoms with van der Waals surface area (Å²) in [5, 5.41) is 4.22. The fraction of sp³-hybridized carbons (Fsp3) is 0.154. The van der Waals surface area contributed by atoms with Gasteiger partial charge in [-0.15, -0.1) is 0 Å². The van der Waals surface area contributed by atoms with E-state index in [1.807, 2.05) is 36.4 Å². The molecule has 0 radical (unpaired) electrons. The summed E-state index contributed by atoms with van der Waals surface area (Å²) in [5.74, 6) is 1.07. The molecule has 3 N–H and O–H groups in total. The highest BCUT2D eigenvalue weighted by Crippen LogP contribution is 2.37. The molecule has 1 aliphatic carbocycles. The predicted molar refractivity (Wildman–Crippen MR) is 125 cm³/mol. The molecule has 0 aromatic heterocycles. The third-order valence-electron chi connectivity index (χ3n) is 5.52. The second-order valence-electron chi connectivity index (χ2n) is 7.57. The normalized spacial score (nSPS) is 17.1. The van der Waals surface area contributed by atoms with Gasteiger partial charge >= 0.3 is 6.03 Å². The van der Waals surface area contributed by atoms with Gasteiger partial charge in [0.1, 0.15) is 5.75 Å². The maximum absolute atomic E-state index is 11.2. The van der Waals surface area contributed by atoms with Crippen molar-refractivity contribution in [2.75, 3.05) is 7.11 Å². The maximum atomic E-state index is 11.2. The van der Waals surface area contributed by atoms with Crippen LogP contribution in [0.4, 0.5) is 4.79 Å². The van der Waals surface area contributed by atoms with Crippen molar-refractivity contribution in [3.05, 3.63) is 96.1 Å². The van der Waals surface area contributed by atoms with Crippen LogP contribution >= 0.6 is 0 Å². The lowest BCUT2D eigenvalue weighted by Crippen LogP contribution is -2.26. The van der Waals surface area contributed by atoms with Crippen LogP contribution in [-0.4, -0.2) is 18.9 Å². The van der Waals surface area contributed by atoms with E-state index < -0.39 is 6.03 Å². The quantitative estimate of drug-likeness (QED) is 0.556. The van der Waals surface area contributed by atoms with Crippen LogP contribution in [0.25, 0.3) is 16.7 Å². The van der Waals surface area contributed by atoms with E-state index in [0.29, 0.717) is 0 Å². The number of primary amides is 1. The molecule has 5 heteroatoms. The Morgan fingerprint density at radius 2 is 1.55 bits per heavy atom. The molecular formula is C26H25N3O2. The summed E-state index contributed by atoms with van der Waals surface area (Å²) in [6.45, 7) is 0. The number of carbonyl (C=O) groups is 1. The van der Waals surface area contributed by atoms with Gasteiger partial charge in [-0.1, -0.05) is 66.7 Å². The van der Waals surface area contributed by atoms with Crippen molar-refractivity contribution in [2.45, 2.75) is 18.8 Å². The molecule has 2 amide bonds. The summed E-state index contributed by atoms with van der Waals surface area (Å²) in [6.07, 6.45) is 3.65. The second kappa shape index (κ2) is 9.30. The Kier molecular flexibility index (Phi) is 6.13. The van der Waals surface area contributed by atoms with E-state index in [2.05, 4.69) is 59.1 Å². The number of nitrogens with one attached hydrogen (secondary N) is 1. The average molecular weight is 412 g/mol.